The Morgan fingerprint density at radius 2 is 2.33 bits per heavy atom. The lowest BCUT2D eigenvalue weighted by Crippen LogP contribution is -2.17. The van der Waals surface area contributed by atoms with Gasteiger partial charge in [-0.05, 0) is 6.92 Å². The largest absolute Gasteiger partial charge is 0.264 e. The summed E-state index contributed by atoms with van der Waals surface area (Å²) in [6.07, 6.45) is 0.479. The van der Waals surface area contributed by atoms with Gasteiger partial charge < -0.3 is 0 Å². The van der Waals surface area contributed by atoms with Crippen LogP contribution in [0, 0.1) is 17.0 Å². The molecule has 53 valence electrons. The molecule has 0 N–H and O–H groups in total. The molecule has 0 fully saturated rings. The van der Waals surface area contributed by atoms with Gasteiger partial charge in [0.05, 0.1) is 0 Å². The van der Waals surface area contributed by atoms with Crippen LogP contribution in [0.5, 0.6) is 0 Å². The fourth-order valence-corrected chi connectivity index (χ4v) is 0.997. The maximum atomic E-state index is 9.99. The van der Waals surface area contributed by atoms with Crippen molar-refractivity contribution in [2.24, 2.45) is 0 Å². The highest BCUT2D eigenvalue weighted by Crippen LogP contribution is 2.07. The van der Waals surface area contributed by atoms with E-state index in [4.69, 9.17) is 0 Å². The fourth-order valence-electron chi connectivity index (χ4n) is 0.456. The fraction of sp³-hybridized carbons (Fsp3) is 0.800. The summed E-state index contributed by atoms with van der Waals surface area (Å²) >= 11 is 3.13. The molecule has 0 saturated heterocycles. The molecule has 0 spiro atoms. The van der Waals surface area contributed by atoms with Crippen molar-refractivity contribution in [3.8, 4) is 0 Å². The molecule has 2 unspecified atom stereocenters. The number of halogens is 1. The molecule has 0 aliphatic carbocycles. The molecule has 0 aliphatic heterocycles. The minimum Gasteiger partial charge on any atom is -0.264 e. The van der Waals surface area contributed by atoms with Crippen LogP contribution in [-0.4, -0.2) is 15.8 Å². The van der Waals surface area contributed by atoms with Crippen molar-refractivity contribution in [3.63, 3.8) is 0 Å². The quantitative estimate of drug-likeness (QED) is 0.390. The molecule has 0 aromatic carbocycles. The summed E-state index contributed by atoms with van der Waals surface area (Å²) in [6, 6.07) is -0.494. The van der Waals surface area contributed by atoms with Gasteiger partial charge in [0.1, 0.15) is 0 Å². The van der Waals surface area contributed by atoms with E-state index < -0.39 is 6.04 Å². The standard InChI is InChI=1S/C5H9BrNO2/c1-4(6)3-5(2)7(8)9/h4-5H,1,3H2,2H3. The van der Waals surface area contributed by atoms with Crippen molar-refractivity contribution in [2.45, 2.75) is 24.2 Å². The molecule has 3 nitrogen and oxygen atoms in total. The lowest BCUT2D eigenvalue weighted by Gasteiger charge is -2.03. The zero-order valence-electron chi connectivity index (χ0n) is 5.21. The summed E-state index contributed by atoms with van der Waals surface area (Å²) in [5, 5.41) is 9.99. The summed E-state index contributed by atoms with van der Waals surface area (Å²) in [6.45, 7) is 5.14. The van der Waals surface area contributed by atoms with Crippen molar-refractivity contribution in [1.82, 2.24) is 0 Å². The van der Waals surface area contributed by atoms with Crippen LogP contribution in [0.3, 0.4) is 0 Å². The van der Waals surface area contributed by atoms with E-state index in [9.17, 15) is 10.1 Å². The van der Waals surface area contributed by atoms with E-state index in [1.165, 1.54) is 0 Å². The van der Waals surface area contributed by atoms with Gasteiger partial charge in [-0.1, -0.05) is 15.9 Å². The number of rotatable bonds is 3. The number of alkyl halides is 1. The van der Waals surface area contributed by atoms with Crippen LogP contribution < -0.4 is 0 Å². The van der Waals surface area contributed by atoms with Crippen LogP contribution in [0.25, 0.3) is 0 Å². The van der Waals surface area contributed by atoms with Gasteiger partial charge in [0, 0.05) is 23.1 Å². The van der Waals surface area contributed by atoms with E-state index in [1.54, 1.807) is 6.92 Å². The van der Waals surface area contributed by atoms with Crippen LogP contribution >= 0.6 is 15.9 Å². The third kappa shape index (κ3) is 4.39. The van der Waals surface area contributed by atoms with Crippen LogP contribution in [-0.2, 0) is 0 Å². The number of nitro groups is 1. The highest BCUT2D eigenvalue weighted by atomic mass is 79.9. The van der Waals surface area contributed by atoms with Crippen molar-refractivity contribution in [1.29, 1.82) is 0 Å². The van der Waals surface area contributed by atoms with Crippen molar-refractivity contribution < 1.29 is 4.92 Å². The van der Waals surface area contributed by atoms with Gasteiger partial charge in [0.25, 0.3) is 0 Å². The van der Waals surface area contributed by atoms with Crippen molar-refractivity contribution in [3.05, 3.63) is 17.0 Å². The van der Waals surface area contributed by atoms with E-state index in [0.29, 0.717) is 6.42 Å². The molecule has 0 aliphatic rings. The minimum atomic E-state index is -0.494. The zero-order valence-corrected chi connectivity index (χ0v) is 6.80. The molecular formula is C5H9BrNO2. The predicted molar refractivity (Wildman–Crippen MR) is 39.1 cm³/mol. The maximum absolute atomic E-state index is 9.99. The second-order valence-corrected chi connectivity index (χ2v) is 3.26. The first-order valence-electron chi connectivity index (χ1n) is 2.64. The molecule has 0 heterocycles. The summed E-state index contributed by atoms with van der Waals surface area (Å²) in [7, 11) is 0. The molecule has 0 saturated carbocycles. The van der Waals surface area contributed by atoms with Gasteiger partial charge in [0.15, 0.2) is 0 Å². The Balaban J connectivity index is 3.50. The van der Waals surface area contributed by atoms with E-state index in [2.05, 4.69) is 22.9 Å². The summed E-state index contributed by atoms with van der Waals surface area (Å²) in [4.78, 5) is 9.67. The van der Waals surface area contributed by atoms with E-state index in [1.807, 2.05) is 0 Å². The van der Waals surface area contributed by atoms with Crippen LogP contribution in [0.15, 0.2) is 0 Å². The summed E-state index contributed by atoms with van der Waals surface area (Å²) in [5.41, 5.74) is 0. The molecule has 1 radical (unpaired) electrons. The lowest BCUT2D eigenvalue weighted by atomic mass is 10.2. The van der Waals surface area contributed by atoms with Crippen molar-refractivity contribution >= 4 is 15.9 Å². The molecule has 0 amide bonds. The predicted octanol–water partition coefficient (Wildman–Crippen LogP) is 1.64. The van der Waals surface area contributed by atoms with E-state index in [-0.39, 0.29) is 9.75 Å². The topological polar surface area (TPSA) is 43.1 Å². The first-order valence-corrected chi connectivity index (χ1v) is 3.56. The molecule has 0 bridgehead atoms. The minimum absolute atomic E-state index is 0.0158. The first-order chi connectivity index (χ1) is 4.04. The molecule has 4 heteroatoms. The van der Waals surface area contributed by atoms with Crippen LogP contribution in [0.2, 0.25) is 0 Å². The Morgan fingerprint density at radius 1 is 1.89 bits per heavy atom. The summed E-state index contributed by atoms with van der Waals surface area (Å²) < 4.78 is 0. The summed E-state index contributed by atoms with van der Waals surface area (Å²) in [5.74, 6) is 0. The highest BCUT2D eigenvalue weighted by molar-refractivity contribution is 9.09. The number of hydrogen-bond acceptors (Lipinski definition) is 2. The van der Waals surface area contributed by atoms with Gasteiger partial charge in [-0.25, -0.2) is 0 Å². The smallest absolute Gasteiger partial charge is 0.211 e. The second kappa shape index (κ2) is 3.82. The van der Waals surface area contributed by atoms with E-state index >= 15 is 0 Å². The van der Waals surface area contributed by atoms with Gasteiger partial charge >= 0.3 is 0 Å². The second-order valence-electron chi connectivity index (χ2n) is 1.97. The third-order valence-electron chi connectivity index (χ3n) is 0.957. The van der Waals surface area contributed by atoms with Crippen molar-refractivity contribution in [2.75, 3.05) is 0 Å². The Morgan fingerprint density at radius 3 is 2.44 bits per heavy atom. The highest BCUT2D eigenvalue weighted by Gasteiger charge is 2.14. The molecule has 2 atom stereocenters. The maximum Gasteiger partial charge on any atom is 0.211 e. The normalized spacial score (nSPS) is 16.8. The average Bonchev–Trinajstić information content (AvgIpc) is 1.63. The Hall–Kier alpha value is -0.120. The van der Waals surface area contributed by atoms with Crippen LogP contribution in [0.4, 0.5) is 0 Å². The van der Waals surface area contributed by atoms with Gasteiger partial charge in [-0.2, -0.15) is 0 Å². The van der Waals surface area contributed by atoms with Gasteiger partial charge in [-0.3, -0.25) is 10.1 Å². The van der Waals surface area contributed by atoms with Crippen LogP contribution in [0.1, 0.15) is 13.3 Å². The number of nitrogens with zero attached hydrogens (tertiary/aromatic N) is 1. The van der Waals surface area contributed by atoms with Gasteiger partial charge in [-0.15, -0.1) is 0 Å². The third-order valence-corrected chi connectivity index (χ3v) is 1.33. The molecule has 0 rings (SSSR count). The molecule has 0 aromatic heterocycles. The lowest BCUT2D eigenvalue weighted by molar-refractivity contribution is -0.518. The first kappa shape index (κ1) is 8.88. The molecular weight excluding hydrogens is 186 g/mol. The van der Waals surface area contributed by atoms with Gasteiger partial charge in [0.2, 0.25) is 6.04 Å². The molecule has 9 heavy (non-hydrogen) atoms. The number of hydrogen-bond donors (Lipinski definition) is 0. The SMILES string of the molecule is [CH2]C(Br)CC(C)[N+](=O)[O-]. The van der Waals surface area contributed by atoms with E-state index in [0.717, 1.165) is 0 Å². The Kier molecular flexibility index (Phi) is 3.77. The average molecular weight is 195 g/mol. The zero-order chi connectivity index (χ0) is 7.44. The Bertz CT molecular complexity index is 105. The monoisotopic (exact) mass is 194 g/mol. The Labute approximate surface area is 62.7 Å². The molecule has 0 aromatic rings.